The van der Waals surface area contributed by atoms with E-state index in [2.05, 4.69) is 10.2 Å². The first-order chi connectivity index (χ1) is 6.16. The molecule has 0 aliphatic carbocycles. The lowest BCUT2D eigenvalue weighted by molar-refractivity contribution is 0.550. The maximum atomic E-state index is 10.9. The smallest absolute Gasteiger partial charge is 0.284 e. The Labute approximate surface area is 83.9 Å². The fraction of sp³-hybridized carbons (Fsp3) is 0.286. The van der Waals surface area contributed by atoms with Gasteiger partial charge in [-0.05, 0) is 0 Å². The van der Waals surface area contributed by atoms with Crippen LogP contribution in [0.15, 0.2) is 4.79 Å². The fourth-order valence-electron chi connectivity index (χ4n) is 0.778. The highest BCUT2D eigenvalue weighted by Gasteiger charge is 2.09. The Hall–Kier alpha value is -0.870. The molecule has 1 aromatic rings. The maximum Gasteiger partial charge on any atom is 0.284 e. The molecule has 0 saturated heterocycles. The normalized spacial score (nSPS) is 10.0. The zero-order valence-corrected chi connectivity index (χ0v) is 7.95. The molecule has 0 saturated carbocycles. The molecular formula is C7H5Cl2N2O2. The monoisotopic (exact) mass is 219 g/mol. The summed E-state index contributed by atoms with van der Waals surface area (Å²) >= 11 is 11.2. The van der Waals surface area contributed by atoms with Gasteiger partial charge in [-0.3, -0.25) is 9.59 Å². The lowest BCUT2D eigenvalue weighted by atomic mass is 10.2. The molecule has 6 heteroatoms. The van der Waals surface area contributed by atoms with Crippen molar-refractivity contribution in [1.82, 2.24) is 10.2 Å². The van der Waals surface area contributed by atoms with Crippen molar-refractivity contribution < 1.29 is 4.79 Å². The Balaban J connectivity index is 3.03. The molecule has 0 aliphatic rings. The number of rotatable bonds is 3. The Morgan fingerprint density at radius 3 is 2.69 bits per heavy atom. The number of aryl methyl sites for hydroxylation is 1. The lowest BCUT2D eigenvalue weighted by Gasteiger charge is -1.99. The first-order valence-electron chi connectivity index (χ1n) is 3.44. The molecule has 0 amide bonds. The lowest BCUT2D eigenvalue weighted by Crippen LogP contribution is -2.11. The summed E-state index contributed by atoms with van der Waals surface area (Å²) in [4.78, 5) is 20.8. The summed E-state index contributed by atoms with van der Waals surface area (Å²) in [6, 6.07) is 0. The molecule has 13 heavy (non-hydrogen) atoms. The minimum Gasteiger partial charge on any atom is -0.291 e. The minimum atomic E-state index is -0.537. The van der Waals surface area contributed by atoms with E-state index in [-0.39, 0.29) is 16.5 Å². The molecule has 1 aromatic heterocycles. The molecule has 0 aliphatic heterocycles. The van der Waals surface area contributed by atoms with E-state index in [9.17, 15) is 9.59 Å². The SMILES string of the molecule is O=[C]CCc1n[nH]c(=O)c(Cl)c1Cl. The molecule has 0 fully saturated rings. The van der Waals surface area contributed by atoms with E-state index < -0.39 is 5.56 Å². The van der Waals surface area contributed by atoms with Crippen LogP contribution in [0, 0.1) is 0 Å². The van der Waals surface area contributed by atoms with Gasteiger partial charge in [-0.15, -0.1) is 0 Å². The van der Waals surface area contributed by atoms with E-state index in [4.69, 9.17) is 23.2 Å². The largest absolute Gasteiger partial charge is 0.291 e. The quantitative estimate of drug-likeness (QED) is 0.829. The van der Waals surface area contributed by atoms with Gasteiger partial charge in [0.25, 0.3) is 5.56 Å². The first kappa shape index (κ1) is 10.2. The van der Waals surface area contributed by atoms with Crippen LogP contribution >= 0.6 is 23.2 Å². The third-order valence-corrected chi connectivity index (χ3v) is 2.27. The van der Waals surface area contributed by atoms with Crippen LogP contribution in [0.2, 0.25) is 10.0 Å². The third-order valence-electron chi connectivity index (χ3n) is 1.40. The molecular weight excluding hydrogens is 215 g/mol. The molecule has 0 aromatic carbocycles. The van der Waals surface area contributed by atoms with Crippen molar-refractivity contribution in [1.29, 1.82) is 0 Å². The van der Waals surface area contributed by atoms with Crippen molar-refractivity contribution >= 4 is 29.5 Å². The van der Waals surface area contributed by atoms with Crippen molar-refractivity contribution in [2.45, 2.75) is 12.8 Å². The predicted molar refractivity (Wildman–Crippen MR) is 48.9 cm³/mol. The van der Waals surface area contributed by atoms with Gasteiger partial charge in [0.1, 0.15) is 5.02 Å². The van der Waals surface area contributed by atoms with E-state index >= 15 is 0 Å². The highest BCUT2D eigenvalue weighted by atomic mass is 35.5. The van der Waals surface area contributed by atoms with Crippen molar-refractivity contribution in [3.8, 4) is 0 Å². The first-order valence-corrected chi connectivity index (χ1v) is 4.20. The number of halogens is 2. The third kappa shape index (κ3) is 2.29. The zero-order chi connectivity index (χ0) is 9.84. The zero-order valence-electron chi connectivity index (χ0n) is 6.43. The molecule has 1 heterocycles. The van der Waals surface area contributed by atoms with Crippen LogP contribution in [0.25, 0.3) is 0 Å². The Kier molecular flexibility index (Phi) is 3.45. The average Bonchev–Trinajstić information content (AvgIpc) is 2.13. The highest BCUT2D eigenvalue weighted by Crippen LogP contribution is 2.20. The molecule has 1 rings (SSSR count). The number of hydrogen-bond donors (Lipinski definition) is 1. The van der Waals surface area contributed by atoms with Crippen LogP contribution in [0.3, 0.4) is 0 Å². The van der Waals surface area contributed by atoms with Crippen molar-refractivity contribution in [3.63, 3.8) is 0 Å². The van der Waals surface area contributed by atoms with E-state index in [0.717, 1.165) is 0 Å². The van der Waals surface area contributed by atoms with Gasteiger partial charge in [0.2, 0.25) is 0 Å². The number of H-pyrrole nitrogens is 1. The molecule has 0 spiro atoms. The number of nitrogens with one attached hydrogen (secondary N) is 1. The Morgan fingerprint density at radius 2 is 2.08 bits per heavy atom. The van der Waals surface area contributed by atoms with Crippen LogP contribution in [-0.4, -0.2) is 16.5 Å². The standard InChI is InChI=1S/C7H5Cl2N2O2/c8-5-4(2-1-3-12)10-11-7(13)6(5)9/h1-2H2,(H,11,13). The van der Waals surface area contributed by atoms with Gasteiger partial charge in [0.15, 0.2) is 6.29 Å². The summed E-state index contributed by atoms with van der Waals surface area (Å²) < 4.78 is 0. The number of aromatic nitrogens is 2. The molecule has 0 atom stereocenters. The summed E-state index contributed by atoms with van der Waals surface area (Å²) in [5.41, 5.74) is -0.139. The summed E-state index contributed by atoms with van der Waals surface area (Å²) in [5.74, 6) is 0. The van der Waals surface area contributed by atoms with E-state index in [1.165, 1.54) is 0 Å². The van der Waals surface area contributed by atoms with Gasteiger partial charge in [-0.2, -0.15) is 5.10 Å². The molecule has 1 radical (unpaired) electrons. The summed E-state index contributed by atoms with van der Waals surface area (Å²) in [5, 5.41) is 5.81. The van der Waals surface area contributed by atoms with E-state index in [1.54, 1.807) is 6.29 Å². The van der Waals surface area contributed by atoms with Crippen LogP contribution < -0.4 is 5.56 Å². The van der Waals surface area contributed by atoms with Crippen molar-refractivity contribution in [3.05, 3.63) is 26.1 Å². The van der Waals surface area contributed by atoms with E-state index in [0.29, 0.717) is 12.1 Å². The summed E-state index contributed by atoms with van der Waals surface area (Å²) in [6.45, 7) is 0. The van der Waals surface area contributed by atoms with Crippen LogP contribution in [0.1, 0.15) is 12.1 Å². The second kappa shape index (κ2) is 4.39. The fourth-order valence-corrected chi connectivity index (χ4v) is 1.15. The predicted octanol–water partition coefficient (Wildman–Crippen LogP) is 1.12. The summed E-state index contributed by atoms with van der Waals surface area (Å²) in [7, 11) is 0. The van der Waals surface area contributed by atoms with Gasteiger partial charge < -0.3 is 0 Å². The van der Waals surface area contributed by atoms with Crippen LogP contribution in [-0.2, 0) is 11.2 Å². The van der Waals surface area contributed by atoms with Crippen LogP contribution in [0.4, 0.5) is 0 Å². The maximum absolute atomic E-state index is 10.9. The van der Waals surface area contributed by atoms with Crippen molar-refractivity contribution in [2.24, 2.45) is 0 Å². The molecule has 4 nitrogen and oxygen atoms in total. The average molecular weight is 220 g/mol. The van der Waals surface area contributed by atoms with Crippen LogP contribution in [0.5, 0.6) is 0 Å². The number of nitrogens with zero attached hydrogens (tertiary/aromatic N) is 1. The second-order valence-corrected chi connectivity index (χ2v) is 3.03. The van der Waals surface area contributed by atoms with Gasteiger partial charge in [0.05, 0.1) is 10.7 Å². The second-order valence-electron chi connectivity index (χ2n) is 2.27. The molecule has 69 valence electrons. The van der Waals surface area contributed by atoms with Gasteiger partial charge >= 0.3 is 0 Å². The Morgan fingerprint density at radius 1 is 1.38 bits per heavy atom. The topological polar surface area (TPSA) is 62.8 Å². The minimum absolute atomic E-state index is 0.0978. The number of aromatic amines is 1. The molecule has 1 N–H and O–H groups in total. The summed E-state index contributed by atoms with van der Waals surface area (Å²) in [6.07, 6.45) is 2.19. The van der Waals surface area contributed by atoms with Gasteiger partial charge in [-0.1, -0.05) is 23.2 Å². The van der Waals surface area contributed by atoms with Gasteiger partial charge in [-0.25, -0.2) is 5.10 Å². The number of hydrogen-bond acceptors (Lipinski definition) is 3. The molecule has 0 unspecified atom stereocenters. The highest BCUT2D eigenvalue weighted by molar-refractivity contribution is 6.42. The Bertz CT molecular complexity index is 375. The molecule has 0 bridgehead atoms. The number of carbonyl (C=O) groups excluding carboxylic acids is 1. The van der Waals surface area contributed by atoms with E-state index in [1.807, 2.05) is 0 Å². The van der Waals surface area contributed by atoms with Crippen molar-refractivity contribution in [2.75, 3.05) is 0 Å². The van der Waals surface area contributed by atoms with Gasteiger partial charge in [0, 0.05) is 12.8 Å².